The van der Waals surface area contributed by atoms with Crippen LogP contribution in [0.5, 0.6) is 0 Å². The second-order valence-corrected chi connectivity index (χ2v) is 5.07. The van der Waals surface area contributed by atoms with E-state index in [0.717, 1.165) is 28.1 Å². The molecule has 0 aliphatic carbocycles. The first kappa shape index (κ1) is 13.2. The van der Waals surface area contributed by atoms with Gasteiger partial charge < -0.3 is 14.8 Å². The third-order valence-electron chi connectivity index (χ3n) is 3.74. The van der Waals surface area contributed by atoms with Gasteiger partial charge in [-0.2, -0.15) is 5.26 Å². The Kier molecular flexibility index (Phi) is 2.91. The fourth-order valence-corrected chi connectivity index (χ4v) is 2.80. The van der Waals surface area contributed by atoms with Gasteiger partial charge >= 0.3 is 0 Å². The van der Waals surface area contributed by atoms with Crippen LogP contribution in [0.15, 0.2) is 22.7 Å². The largest absolute Gasteiger partial charge is 0.369 e. The summed E-state index contributed by atoms with van der Waals surface area (Å²) in [6, 6.07) is 7.41. The van der Waals surface area contributed by atoms with Gasteiger partial charge in [-0.05, 0) is 39.0 Å². The molecule has 2 heterocycles. The van der Waals surface area contributed by atoms with Crippen molar-refractivity contribution in [2.75, 3.05) is 5.73 Å². The number of anilines is 1. The van der Waals surface area contributed by atoms with Crippen LogP contribution in [0.2, 0.25) is 0 Å². The van der Waals surface area contributed by atoms with Crippen molar-refractivity contribution in [3.05, 3.63) is 40.8 Å². The van der Waals surface area contributed by atoms with E-state index in [1.54, 1.807) is 18.2 Å². The summed E-state index contributed by atoms with van der Waals surface area (Å²) in [6.45, 7) is 5.79. The molecule has 1 atom stereocenters. The van der Waals surface area contributed by atoms with E-state index in [0.29, 0.717) is 11.5 Å². The number of nitrogens with zero attached hydrogens (tertiary/aromatic N) is 4. The van der Waals surface area contributed by atoms with E-state index >= 15 is 0 Å². The van der Waals surface area contributed by atoms with Crippen molar-refractivity contribution < 1.29 is 4.52 Å². The van der Waals surface area contributed by atoms with E-state index in [9.17, 15) is 0 Å². The van der Waals surface area contributed by atoms with E-state index in [4.69, 9.17) is 15.5 Å². The summed E-state index contributed by atoms with van der Waals surface area (Å²) in [5.74, 6) is 1.17. The summed E-state index contributed by atoms with van der Waals surface area (Å²) in [7, 11) is 0. The van der Waals surface area contributed by atoms with Crippen molar-refractivity contribution in [1.82, 2.24) is 14.7 Å². The van der Waals surface area contributed by atoms with E-state index in [-0.39, 0.29) is 6.04 Å². The number of nitrogen functional groups attached to an aromatic ring is 1. The molecule has 6 heteroatoms. The van der Waals surface area contributed by atoms with Gasteiger partial charge in [0.05, 0.1) is 34.4 Å². The van der Waals surface area contributed by atoms with Crippen molar-refractivity contribution in [3.8, 4) is 6.07 Å². The van der Waals surface area contributed by atoms with Gasteiger partial charge in [-0.25, -0.2) is 4.98 Å². The molecule has 2 N–H and O–H groups in total. The highest BCUT2D eigenvalue weighted by atomic mass is 16.5. The lowest BCUT2D eigenvalue weighted by Gasteiger charge is -2.16. The Morgan fingerprint density at radius 2 is 2.14 bits per heavy atom. The van der Waals surface area contributed by atoms with Gasteiger partial charge in [0.15, 0.2) is 0 Å². The third-order valence-corrected chi connectivity index (χ3v) is 3.74. The zero-order chi connectivity index (χ0) is 15.1. The van der Waals surface area contributed by atoms with Crippen molar-refractivity contribution >= 4 is 17.0 Å². The van der Waals surface area contributed by atoms with Crippen LogP contribution in [-0.4, -0.2) is 14.7 Å². The quantitative estimate of drug-likeness (QED) is 0.779. The maximum absolute atomic E-state index is 9.07. The molecule has 0 aliphatic rings. The number of hydrogen-bond donors (Lipinski definition) is 1. The van der Waals surface area contributed by atoms with Crippen molar-refractivity contribution in [1.29, 1.82) is 5.26 Å². The Hall–Kier alpha value is -2.81. The first-order valence-electron chi connectivity index (χ1n) is 6.63. The molecule has 1 aromatic carbocycles. The summed E-state index contributed by atoms with van der Waals surface area (Å²) in [5.41, 5.74) is 10.1. The molecule has 3 aromatic rings. The van der Waals surface area contributed by atoms with Crippen LogP contribution in [0.1, 0.15) is 35.5 Å². The molecule has 0 saturated carbocycles. The molecule has 0 aliphatic heterocycles. The topological polar surface area (TPSA) is 93.7 Å². The predicted molar refractivity (Wildman–Crippen MR) is 78.7 cm³/mol. The monoisotopic (exact) mass is 281 g/mol. The summed E-state index contributed by atoms with van der Waals surface area (Å²) < 4.78 is 7.14. The van der Waals surface area contributed by atoms with E-state index in [1.807, 2.05) is 25.3 Å². The summed E-state index contributed by atoms with van der Waals surface area (Å²) >= 11 is 0. The fraction of sp³-hybridized carbons (Fsp3) is 0.267. The van der Waals surface area contributed by atoms with Crippen LogP contribution in [0, 0.1) is 25.2 Å². The Bertz CT molecular complexity index is 849. The normalized spacial score (nSPS) is 12.5. The van der Waals surface area contributed by atoms with Crippen molar-refractivity contribution in [3.63, 3.8) is 0 Å². The molecule has 0 saturated heterocycles. The lowest BCUT2D eigenvalue weighted by Crippen LogP contribution is -2.11. The molecule has 0 spiro atoms. The molecule has 6 nitrogen and oxygen atoms in total. The van der Waals surface area contributed by atoms with E-state index in [2.05, 4.69) is 16.2 Å². The number of hydrogen-bond acceptors (Lipinski definition) is 5. The van der Waals surface area contributed by atoms with Crippen LogP contribution in [0.25, 0.3) is 11.0 Å². The minimum absolute atomic E-state index is 0.0739. The molecule has 21 heavy (non-hydrogen) atoms. The molecule has 0 amide bonds. The lowest BCUT2D eigenvalue weighted by atomic mass is 10.1. The minimum Gasteiger partial charge on any atom is -0.369 e. The summed E-state index contributed by atoms with van der Waals surface area (Å²) in [6.07, 6.45) is 0. The lowest BCUT2D eigenvalue weighted by molar-refractivity contribution is 0.391. The number of aromatic nitrogens is 3. The number of benzene rings is 1. The van der Waals surface area contributed by atoms with Gasteiger partial charge in [-0.15, -0.1) is 0 Å². The molecular weight excluding hydrogens is 266 g/mol. The van der Waals surface area contributed by atoms with E-state index in [1.165, 1.54) is 0 Å². The average Bonchev–Trinajstić information content (AvgIpc) is 2.96. The van der Waals surface area contributed by atoms with Crippen LogP contribution >= 0.6 is 0 Å². The standard InChI is InChI=1S/C15H15N5O/c1-8-14(10(3)21-19-8)9(2)20-13-6-11(7-16)4-5-12(13)18-15(20)17/h4-6,9H,1-3H3,(H2,17,18). The highest BCUT2D eigenvalue weighted by molar-refractivity contribution is 5.80. The fourth-order valence-electron chi connectivity index (χ4n) is 2.80. The smallest absolute Gasteiger partial charge is 0.201 e. The Labute approximate surface area is 121 Å². The first-order valence-corrected chi connectivity index (χ1v) is 6.63. The van der Waals surface area contributed by atoms with Gasteiger partial charge in [0, 0.05) is 5.56 Å². The van der Waals surface area contributed by atoms with Crippen LogP contribution in [0.3, 0.4) is 0 Å². The Morgan fingerprint density at radius 3 is 2.76 bits per heavy atom. The summed E-state index contributed by atoms with van der Waals surface area (Å²) in [4.78, 5) is 4.36. The SMILES string of the molecule is Cc1noc(C)c1C(C)n1c(N)nc2ccc(C#N)cc21. The molecule has 106 valence electrons. The summed E-state index contributed by atoms with van der Waals surface area (Å²) in [5, 5.41) is 13.1. The molecule has 0 fully saturated rings. The van der Waals surface area contributed by atoms with Gasteiger partial charge in [-0.3, -0.25) is 0 Å². The molecule has 2 aromatic heterocycles. The maximum atomic E-state index is 9.07. The number of nitriles is 1. The Morgan fingerprint density at radius 1 is 1.38 bits per heavy atom. The van der Waals surface area contributed by atoms with Crippen molar-refractivity contribution in [2.45, 2.75) is 26.8 Å². The Balaban J connectivity index is 2.24. The number of imidazole rings is 1. The molecule has 1 unspecified atom stereocenters. The number of rotatable bonds is 2. The van der Waals surface area contributed by atoms with Gasteiger partial charge in [0.25, 0.3) is 0 Å². The molecule has 3 rings (SSSR count). The molecule has 0 radical (unpaired) electrons. The molecule has 0 bridgehead atoms. The second-order valence-electron chi connectivity index (χ2n) is 5.07. The zero-order valence-corrected chi connectivity index (χ0v) is 12.1. The van der Waals surface area contributed by atoms with Gasteiger partial charge in [0.1, 0.15) is 5.76 Å². The first-order chi connectivity index (χ1) is 10.0. The van der Waals surface area contributed by atoms with Crippen molar-refractivity contribution in [2.24, 2.45) is 0 Å². The number of nitrogens with two attached hydrogens (primary N) is 1. The van der Waals surface area contributed by atoms with Crippen LogP contribution in [-0.2, 0) is 0 Å². The minimum atomic E-state index is -0.0739. The predicted octanol–water partition coefficient (Wildman–Crippen LogP) is 2.70. The second kappa shape index (κ2) is 4.63. The average molecular weight is 281 g/mol. The number of aryl methyl sites for hydroxylation is 2. The zero-order valence-electron chi connectivity index (χ0n) is 12.1. The highest BCUT2D eigenvalue weighted by Crippen LogP contribution is 2.31. The van der Waals surface area contributed by atoms with Crippen LogP contribution in [0.4, 0.5) is 5.95 Å². The third kappa shape index (κ3) is 1.94. The maximum Gasteiger partial charge on any atom is 0.201 e. The van der Waals surface area contributed by atoms with E-state index < -0.39 is 0 Å². The van der Waals surface area contributed by atoms with Gasteiger partial charge in [-0.1, -0.05) is 5.16 Å². The highest BCUT2D eigenvalue weighted by Gasteiger charge is 2.22. The van der Waals surface area contributed by atoms with Crippen LogP contribution < -0.4 is 5.73 Å². The van der Waals surface area contributed by atoms with Gasteiger partial charge in [0.2, 0.25) is 5.95 Å². The molecular formula is C15H15N5O. The number of fused-ring (bicyclic) bond motifs is 1.